The molecule has 0 saturated carbocycles. The maximum absolute atomic E-state index is 11.0. The zero-order valence-electron chi connectivity index (χ0n) is 9.72. The Hall–Kier alpha value is -1.18. The van der Waals surface area contributed by atoms with E-state index >= 15 is 0 Å². The molecular formula is C11H13BrN2O4. The third kappa shape index (κ3) is 2.63. The molecular weight excluding hydrogens is 304 g/mol. The maximum atomic E-state index is 11.0. The highest BCUT2D eigenvalue weighted by molar-refractivity contribution is 9.10. The van der Waals surface area contributed by atoms with E-state index in [0.717, 1.165) is 0 Å². The third-order valence-electron chi connectivity index (χ3n) is 2.81. The number of rotatable bonds is 3. The molecule has 0 amide bonds. The summed E-state index contributed by atoms with van der Waals surface area (Å²) in [6.45, 7) is 2.66. The van der Waals surface area contributed by atoms with Crippen LogP contribution in [0.2, 0.25) is 0 Å². The summed E-state index contributed by atoms with van der Waals surface area (Å²) in [7, 11) is 0. The molecule has 6 nitrogen and oxygen atoms in total. The van der Waals surface area contributed by atoms with Crippen LogP contribution in [0.3, 0.4) is 0 Å². The SMILES string of the molecule is Cc1cc(Br)cc([N+](=O)[O-])c1OC1CNCC1O. The van der Waals surface area contributed by atoms with Gasteiger partial charge >= 0.3 is 5.69 Å². The molecule has 98 valence electrons. The van der Waals surface area contributed by atoms with E-state index in [9.17, 15) is 15.2 Å². The van der Waals surface area contributed by atoms with E-state index in [2.05, 4.69) is 21.2 Å². The largest absolute Gasteiger partial charge is 0.479 e. The van der Waals surface area contributed by atoms with E-state index in [1.807, 2.05) is 0 Å². The lowest BCUT2D eigenvalue weighted by Crippen LogP contribution is -2.30. The zero-order valence-corrected chi connectivity index (χ0v) is 11.3. The van der Waals surface area contributed by atoms with Gasteiger partial charge in [0.1, 0.15) is 12.2 Å². The van der Waals surface area contributed by atoms with Gasteiger partial charge in [0.05, 0.1) is 4.92 Å². The normalized spacial score (nSPS) is 23.1. The Morgan fingerprint density at radius 1 is 1.56 bits per heavy atom. The monoisotopic (exact) mass is 316 g/mol. The standard InChI is InChI=1S/C11H13BrN2O4/c1-6-2-7(12)3-8(14(16)17)11(6)18-10-5-13-4-9(10)15/h2-3,9-10,13,15H,4-5H2,1H3. The van der Waals surface area contributed by atoms with Crippen molar-refractivity contribution < 1.29 is 14.8 Å². The van der Waals surface area contributed by atoms with Gasteiger partial charge in [0.15, 0.2) is 0 Å². The molecule has 1 aliphatic heterocycles. The first kappa shape index (κ1) is 13.3. The van der Waals surface area contributed by atoms with Crippen LogP contribution in [0.15, 0.2) is 16.6 Å². The van der Waals surface area contributed by atoms with Crippen LogP contribution in [0.5, 0.6) is 5.75 Å². The van der Waals surface area contributed by atoms with Crippen molar-refractivity contribution in [3.05, 3.63) is 32.3 Å². The van der Waals surface area contributed by atoms with Crippen molar-refractivity contribution in [1.29, 1.82) is 0 Å². The molecule has 1 aromatic rings. The summed E-state index contributed by atoms with van der Waals surface area (Å²) in [6, 6.07) is 3.15. The first-order valence-corrected chi connectivity index (χ1v) is 6.28. The van der Waals surface area contributed by atoms with Crippen LogP contribution in [-0.2, 0) is 0 Å². The van der Waals surface area contributed by atoms with Gasteiger partial charge in [0.25, 0.3) is 0 Å². The van der Waals surface area contributed by atoms with Crippen molar-refractivity contribution in [3.8, 4) is 5.75 Å². The number of ether oxygens (including phenoxy) is 1. The van der Waals surface area contributed by atoms with E-state index in [1.165, 1.54) is 6.07 Å². The molecule has 0 spiro atoms. The molecule has 2 atom stereocenters. The molecule has 1 fully saturated rings. The van der Waals surface area contributed by atoms with Crippen LogP contribution in [0.1, 0.15) is 5.56 Å². The minimum atomic E-state index is -0.646. The Morgan fingerprint density at radius 2 is 2.28 bits per heavy atom. The molecule has 2 N–H and O–H groups in total. The second-order valence-electron chi connectivity index (χ2n) is 4.21. The maximum Gasteiger partial charge on any atom is 0.312 e. The molecule has 2 unspecified atom stereocenters. The number of nitro groups is 1. The molecule has 0 aromatic heterocycles. The number of hydrogen-bond donors (Lipinski definition) is 2. The summed E-state index contributed by atoms with van der Waals surface area (Å²) in [6.07, 6.45) is -1.10. The lowest BCUT2D eigenvalue weighted by Gasteiger charge is -2.17. The van der Waals surface area contributed by atoms with Crippen LogP contribution in [-0.4, -0.2) is 35.3 Å². The van der Waals surface area contributed by atoms with Crippen LogP contribution in [0.4, 0.5) is 5.69 Å². The van der Waals surface area contributed by atoms with Crippen molar-refractivity contribution in [3.63, 3.8) is 0 Å². The Labute approximate surface area is 112 Å². The fraction of sp³-hybridized carbons (Fsp3) is 0.455. The zero-order chi connectivity index (χ0) is 13.3. The van der Waals surface area contributed by atoms with Crippen molar-refractivity contribution in [2.75, 3.05) is 13.1 Å². The summed E-state index contributed by atoms with van der Waals surface area (Å²) in [4.78, 5) is 10.5. The average molecular weight is 317 g/mol. The number of halogens is 1. The van der Waals surface area contributed by atoms with E-state index in [0.29, 0.717) is 23.1 Å². The molecule has 0 aliphatic carbocycles. The highest BCUT2D eigenvalue weighted by Crippen LogP contribution is 2.35. The summed E-state index contributed by atoms with van der Waals surface area (Å²) >= 11 is 3.22. The van der Waals surface area contributed by atoms with Gasteiger partial charge < -0.3 is 15.2 Å². The summed E-state index contributed by atoms with van der Waals surface area (Å²) in [5.41, 5.74) is 0.566. The van der Waals surface area contributed by atoms with Gasteiger partial charge in [-0.1, -0.05) is 15.9 Å². The fourth-order valence-corrected chi connectivity index (χ4v) is 2.47. The van der Waals surface area contributed by atoms with Gasteiger partial charge in [-0.15, -0.1) is 0 Å². The number of aryl methyl sites for hydroxylation is 1. The van der Waals surface area contributed by atoms with Gasteiger partial charge in [0, 0.05) is 23.6 Å². The predicted octanol–water partition coefficient (Wildman–Crippen LogP) is 1.38. The summed E-state index contributed by atoms with van der Waals surface area (Å²) in [5.74, 6) is 0.218. The average Bonchev–Trinajstić information content (AvgIpc) is 2.67. The minimum Gasteiger partial charge on any atom is -0.479 e. The van der Waals surface area contributed by atoms with Crippen LogP contribution in [0.25, 0.3) is 0 Å². The first-order chi connectivity index (χ1) is 8.49. The molecule has 2 rings (SSSR count). The minimum absolute atomic E-state index is 0.0963. The van der Waals surface area contributed by atoms with Gasteiger partial charge in [-0.05, 0) is 18.6 Å². The second-order valence-corrected chi connectivity index (χ2v) is 5.13. The number of nitro benzene ring substituents is 1. The van der Waals surface area contributed by atoms with E-state index < -0.39 is 17.1 Å². The number of nitrogens with zero attached hydrogens (tertiary/aromatic N) is 1. The molecule has 18 heavy (non-hydrogen) atoms. The summed E-state index contributed by atoms with van der Waals surface area (Å²) in [5, 5.41) is 23.6. The number of hydrogen-bond acceptors (Lipinski definition) is 5. The van der Waals surface area contributed by atoms with E-state index in [1.54, 1.807) is 13.0 Å². The Morgan fingerprint density at radius 3 is 2.83 bits per heavy atom. The van der Waals surface area contributed by atoms with E-state index in [-0.39, 0.29) is 11.4 Å². The second kappa shape index (κ2) is 5.21. The highest BCUT2D eigenvalue weighted by Gasteiger charge is 2.30. The number of aliphatic hydroxyl groups excluding tert-OH is 1. The molecule has 0 radical (unpaired) electrons. The lowest BCUT2D eigenvalue weighted by atomic mass is 10.2. The summed E-state index contributed by atoms with van der Waals surface area (Å²) < 4.78 is 6.22. The number of β-amino-alcohol motifs (C(OH)–C–C–N with tert-alkyl or cyclic N) is 1. The van der Waals surface area contributed by atoms with Gasteiger partial charge in [-0.2, -0.15) is 0 Å². The quantitative estimate of drug-likeness (QED) is 0.650. The highest BCUT2D eigenvalue weighted by atomic mass is 79.9. The topological polar surface area (TPSA) is 84.6 Å². The van der Waals surface area contributed by atoms with Crippen molar-refractivity contribution >= 4 is 21.6 Å². The van der Waals surface area contributed by atoms with E-state index in [4.69, 9.17) is 4.74 Å². The molecule has 7 heteroatoms. The van der Waals surface area contributed by atoms with Crippen LogP contribution < -0.4 is 10.1 Å². The van der Waals surface area contributed by atoms with Crippen molar-refractivity contribution in [1.82, 2.24) is 5.32 Å². The predicted molar refractivity (Wildman–Crippen MR) is 68.8 cm³/mol. The first-order valence-electron chi connectivity index (χ1n) is 5.49. The van der Waals surface area contributed by atoms with Crippen molar-refractivity contribution in [2.24, 2.45) is 0 Å². The van der Waals surface area contributed by atoms with Gasteiger partial charge in [0.2, 0.25) is 5.75 Å². The molecule has 1 aliphatic rings. The van der Waals surface area contributed by atoms with Crippen molar-refractivity contribution in [2.45, 2.75) is 19.1 Å². The Kier molecular flexibility index (Phi) is 3.84. The Balaban J connectivity index is 2.33. The molecule has 1 aromatic carbocycles. The number of nitrogens with one attached hydrogen (secondary N) is 1. The third-order valence-corrected chi connectivity index (χ3v) is 3.27. The molecule has 0 bridgehead atoms. The molecule has 1 saturated heterocycles. The smallest absolute Gasteiger partial charge is 0.312 e. The van der Waals surface area contributed by atoms with Gasteiger partial charge in [-0.25, -0.2) is 0 Å². The van der Waals surface area contributed by atoms with Gasteiger partial charge in [-0.3, -0.25) is 10.1 Å². The molecule has 1 heterocycles. The van der Waals surface area contributed by atoms with Crippen LogP contribution >= 0.6 is 15.9 Å². The van der Waals surface area contributed by atoms with Crippen LogP contribution in [0, 0.1) is 17.0 Å². The number of benzene rings is 1. The number of aliphatic hydroxyl groups is 1. The Bertz CT molecular complexity index is 480. The fourth-order valence-electron chi connectivity index (χ4n) is 1.91. The lowest BCUT2D eigenvalue weighted by molar-refractivity contribution is -0.386.